The molecule has 3 rings (SSSR count). The van der Waals surface area contributed by atoms with Gasteiger partial charge in [0.15, 0.2) is 0 Å². The second kappa shape index (κ2) is 3.44. The number of Topliss-reactive ketones (excluding diaryl/α,β-unsaturated/α-hetero) is 1. The minimum Gasteiger partial charge on any atom is -0.334 e. The number of benzene rings is 1. The van der Waals surface area contributed by atoms with Crippen LogP contribution < -0.4 is 0 Å². The lowest BCUT2D eigenvalue weighted by Gasteiger charge is -2.39. The van der Waals surface area contributed by atoms with Crippen molar-refractivity contribution < 1.29 is 9.59 Å². The van der Waals surface area contributed by atoms with Crippen LogP contribution in [0.5, 0.6) is 0 Å². The van der Waals surface area contributed by atoms with Gasteiger partial charge in [0.1, 0.15) is 5.78 Å². The summed E-state index contributed by atoms with van der Waals surface area (Å²) < 4.78 is 0. The molecule has 82 valence electrons. The van der Waals surface area contributed by atoms with Crippen molar-refractivity contribution in [3.8, 4) is 0 Å². The topological polar surface area (TPSA) is 37.4 Å². The first kappa shape index (κ1) is 9.58. The summed E-state index contributed by atoms with van der Waals surface area (Å²) >= 11 is 0. The molecule has 3 nitrogen and oxygen atoms in total. The molecule has 2 aliphatic rings. The van der Waals surface area contributed by atoms with Crippen LogP contribution >= 0.6 is 0 Å². The lowest BCUT2D eigenvalue weighted by atomic mass is 9.86. The van der Waals surface area contributed by atoms with E-state index in [-0.39, 0.29) is 24.2 Å². The number of hydrogen-bond donors (Lipinski definition) is 0. The standard InChI is InChI=1S/C13H13NO2/c15-10-7-12-11-4-2-1-3-9(11)5-6-14(12)13(16)8-10/h1-4,12H,5-8H2/t12-/m1/s1. The Balaban J connectivity index is 2.04. The van der Waals surface area contributed by atoms with E-state index >= 15 is 0 Å². The molecule has 3 heteroatoms. The van der Waals surface area contributed by atoms with Gasteiger partial charge in [0.2, 0.25) is 5.91 Å². The second-order valence-electron chi connectivity index (χ2n) is 4.47. The lowest BCUT2D eigenvalue weighted by Crippen LogP contribution is -2.45. The van der Waals surface area contributed by atoms with Gasteiger partial charge in [-0.3, -0.25) is 9.59 Å². The maximum Gasteiger partial charge on any atom is 0.230 e. The highest BCUT2D eigenvalue weighted by Crippen LogP contribution is 2.35. The van der Waals surface area contributed by atoms with E-state index in [9.17, 15) is 9.59 Å². The van der Waals surface area contributed by atoms with Crippen LogP contribution in [0.3, 0.4) is 0 Å². The lowest BCUT2D eigenvalue weighted by molar-refractivity contribution is -0.143. The van der Waals surface area contributed by atoms with Gasteiger partial charge < -0.3 is 4.90 Å². The summed E-state index contributed by atoms with van der Waals surface area (Å²) in [5.41, 5.74) is 2.45. The number of carbonyl (C=O) groups is 2. The minimum absolute atomic E-state index is 0.00120. The third-order valence-corrected chi connectivity index (χ3v) is 3.50. The van der Waals surface area contributed by atoms with Crippen molar-refractivity contribution in [3.63, 3.8) is 0 Å². The Morgan fingerprint density at radius 1 is 1.19 bits per heavy atom. The van der Waals surface area contributed by atoms with Gasteiger partial charge in [-0.15, -0.1) is 0 Å². The van der Waals surface area contributed by atoms with Gasteiger partial charge in [-0.25, -0.2) is 0 Å². The van der Waals surface area contributed by atoms with E-state index in [0.29, 0.717) is 6.42 Å². The zero-order chi connectivity index (χ0) is 11.1. The molecule has 1 aromatic rings. The summed E-state index contributed by atoms with van der Waals surface area (Å²) in [5, 5.41) is 0. The van der Waals surface area contributed by atoms with Gasteiger partial charge in [0.25, 0.3) is 0 Å². The third kappa shape index (κ3) is 1.35. The van der Waals surface area contributed by atoms with Crippen molar-refractivity contribution in [2.75, 3.05) is 6.54 Å². The summed E-state index contributed by atoms with van der Waals surface area (Å²) in [4.78, 5) is 25.1. The van der Waals surface area contributed by atoms with E-state index in [1.807, 2.05) is 23.1 Å². The molecule has 1 atom stereocenters. The molecule has 16 heavy (non-hydrogen) atoms. The SMILES string of the molecule is O=C1CC(=O)N2CCc3ccccc3[C@H]2C1. The summed E-state index contributed by atoms with van der Waals surface area (Å²) in [5.74, 6) is 0.0682. The predicted octanol–water partition coefficient (Wildman–Crippen LogP) is 1.48. The molecule has 0 spiro atoms. The molecular weight excluding hydrogens is 202 g/mol. The normalized spacial score (nSPS) is 24.0. The molecule has 1 fully saturated rings. The van der Waals surface area contributed by atoms with E-state index in [0.717, 1.165) is 18.5 Å². The van der Waals surface area contributed by atoms with Gasteiger partial charge in [0, 0.05) is 13.0 Å². The van der Waals surface area contributed by atoms with Crippen LogP contribution in [0, 0.1) is 0 Å². The highest BCUT2D eigenvalue weighted by molar-refractivity contribution is 6.01. The highest BCUT2D eigenvalue weighted by atomic mass is 16.2. The zero-order valence-corrected chi connectivity index (χ0v) is 8.98. The summed E-state index contributed by atoms with van der Waals surface area (Å²) in [6.45, 7) is 0.758. The first-order valence-corrected chi connectivity index (χ1v) is 5.64. The quantitative estimate of drug-likeness (QED) is 0.615. The molecule has 0 aliphatic carbocycles. The number of amides is 1. The van der Waals surface area contributed by atoms with Gasteiger partial charge >= 0.3 is 0 Å². The van der Waals surface area contributed by atoms with Crippen LogP contribution in [0.2, 0.25) is 0 Å². The molecule has 1 aromatic carbocycles. The number of rotatable bonds is 0. The molecule has 2 heterocycles. The number of nitrogens with zero attached hydrogens (tertiary/aromatic N) is 1. The molecule has 0 saturated carbocycles. The predicted molar refractivity (Wildman–Crippen MR) is 58.8 cm³/mol. The summed E-state index contributed by atoms with van der Waals surface area (Å²) in [6, 6.07) is 8.12. The van der Waals surface area contributed by atoms with Crippen molar-refractivity contribution in [3.05, 3.63) is 35.4 Å². The van der Waals surface area contributed by atoms with Gasteiger partial charge in [-0.2, -0.15) is 0 Å². The smallest absolute Gasteiger partial charge is 0.230 e. The minimum atomic E-state index is -0.00393. The Hall–Kier alpha value is -1.64. The Bertz CT molecular complexity index is 467. The van der Waals surface area contributed by atoms with Crippen molar-refractivity contribution in [1.82, 2.24) is 4.90 Å². The van der Waals surface area contributed by atoms with Crippen molar-refractivity contribution in [2.24, 2.45) is 0 Å². The van der Waals surface area contributed by atoms with Crippen LogP contribution in [0.25, 0.3) is 0 Å². The Labute approximate surface area is 94.1 Å². The van der Waals surface area contributed by atoms with Crippen LogP contribution in [-0.2, 0) is 16.0 Å². The Morgan fingerprint density at radius 2 is 2.00 bits per heavy atom. The summed E-state index contributed by atoms with van der Waals surface area (Å²) in [7, 11) is 0. The number of fused-ring (bicyclic) bond motifs is 3. The van der Waals surface area contributed by atoms with Gasteiger partial charge in [-0.1, -0.05) is 24.3 Å². The molecule has 0 aromatic heterocycles. The largest absolute Gasteiger partial charge is 0.334 e. The average Bonchev–Trinajstić information content (AvgIpc) is 2.28. The fourth-order valence-electron chi connectivity index (χ4n) is 2.73. The fourth-order valence-corrected chi connectivity index (χ4v) is 2.73. The van der Waals surface area contributed by atoms with E-state index in [1.165, 1.54) is 5.56 Å². The Kier molecular flexibility index (Phi) is 2.06. The highest BCUT2D eigenvalue weighted by Gasteiger charge is 2.36. The molecule has 2 aliphatic heterocycles. The molecule has 1 amide bonds. The molecule has 0 unspecified atom stereocenters. The van der Waals surface area contributed by atoms with Crippen LogP contribution in [0.1, 0.15) is 30.0 Å². The molecule has 0 bridgehead atoms. The first-order valence-electron chi connectivity index (χ1n) is 5.64. The van der Waals surface area contributed by atoms with Crippen LogP contribution in [0.15, 0.2) is 24.3 Å². The number of carbonyl (C=O) groups excluding carboxylic acids is 2. The fraction of sp³-hybridized carbons (Fsp3) is 0.385. The average molecular weight is 215 g/mol. The van der Waals surface area contributed by atoms with Gasteiger partial charge in [-0.05, 0) is 17.5 Å². The van der Waals surface area contributed by atoms with Gasteiger partial charge in [0.05, 0.1) is 12.5 Å². The molecule has 0 radical (unpaired) electrons. The van der Waals surface area contributed by atoms with Crippen molar-refractivity contribution >= 4 is 11.7 Å². The molecular formula is C13H13NO2. The van der Waals surface area contributed by atoms with Crippen LogP contribution in [0.4, 0.5) is 0 Å². The monoisotopic (exact) mass is 215 g/mol. The second-order valence-corrected chi connectivity index (χ2v) is 4.47. The maximum absolute atomic E-state index is 11.8. The van der Waals surface area contributed by atoms with E-state index in [1.54, 1.807) is 0 Å². The van der Waals surface area contributed by atoms with E-state index < -0.39 is 0 Å². The van der Waals surface area contributed by atoms with Crippen molar-refractivity contribution in [1.29, 1.82) is 0 Å². The number of hydrogen-bond acceptors (Lipinski definition) is 2. The Morgan fingerprint density at radius 3 is 2.88 bits per heavy atom. The van der Waals surface area contributed by atoms with E-state index in [4.69, 9.17) is 0 Å². The molecule has 1 saturated heterocycles. The van der Waals surface area contributed by atoms with E-state index in [2.05, 4.69) is 6.07 Å². The summed E-state index contributed by atoms with van der Waals surface area (Å²) in [6.07, 6.45) is 1.49. The first-order chi connectivity index (χ1) is 7.75. The number of piperidine rings is 1. The third-order valence-electron chi connectivity index (χ3n) is 3.50. The van der Waals surface area contributed by atoms with Crippen LogP contribution in [-0.4, -0.2) is 23.1 Å². The zero-order valence-electron chi connectivity index (χ0n) is 8.98. The van der Waals surface area contributed by atoms with Crippen molar-refractivity contribution in [2.45, 2.75) is 25.3 Å². The maximum atomic E-state index is 11.8. The molecule has 0 N–H and O–H groups in total. The number of ketones is 1.